The largest absolute Gasteiger partial charge is 0.294 e. The maximum atomic E-state index is 11.4. The van der Waals surface area contributed by atoms with Crippen molar-refractivity contribution in [3.05, 3.63) is 36.1 Å². The third-order valence-electron chi connectivity index (χ3n) is 2.34. The lowest BCUT2D eigenvalue weighted by atomic mass is 9.88. The van der Waals surface area contributed by atoms with E-state index in [-0.39, 0.29) is 11.7 Å². The molecule has 2 heteroatoms. The topological polar surface area (TPSA) is 29.4 Å². The molecule has 0 fully saturated rings. The predicted octanol–water partition coefficient (Wildman–Crippen LogP) is 2.05. The summed E-state index contributed by atoms with van der Waals surface area (Å²) in [5, 5.41) is 0. The highest BCUT2D eigenvalue weighted by Crippen LogP contribution is 2.20. The molecule has 2 rings (SSSR count). The van der Waals surface area contributed by atoms with E-state index < -0.39 is 0 Å². The first kappa shape index (κ1) is 8.17. The van der Waals surface area contributed by atoms with Crippen molar-refractivity contribution in [1.82, 2.24) is 0 Å². The van der Waals surface area contributed by atoms with E-state index in [0.29, 0.717) is 0 Å². The van der Waals surface area contributed by atoms with Crippen molar-refractivity contribution >= 4 is 11.5 Å². The van der Waals surface area contributed by atoms with E-state index in [4.69, 9.17) is 0 Å². The Morgan fingerprint density at radius 3 is 3.00 bits per heavy atom. The minimum atomic E-state index is -0.120. The van der Waals surface area contributed by atoms with Crippen LogP contribution in [-0.4, -0.2) is 11.5 Å². The van der Waals surface area contributed by atoms with Gasteiger partial charge in [0.1, 0.15) is 0 Å². The van der Waals surface area contributed by atoms with Gasteiger partial charge < -0.3 is 0 Å². The molecule has 13 heavy (non-hydrogen) atoms. The number of nitrogens with zero attached hydrogens (tertiary/aromatic N) is 1. The number of ketones is 1. The molecule has 2 nitrogen and oxygen atoms in total. The molecule has 0 aromatic heterocycles. The summed E-state index contributed by atoms with van der Waals surface area (Å²) in [5.41, 5.74) is 2.08. The fraction of sp³-hybridized carbons (Fsp3) is 0.273. The van der Waals surface area contributed by atoms with Gasteiger partial charge in [0.05, 0.1) is 11.6 Å². The van der Waals surface area contributed by atoms with E-state index in [0.717, 1.165) is 12.1 Å². The Bertz CT molecular complexity index is 358. The Morgan fingerprint density at radius 2 is 2.23 bits per heavy atom. The first-order chi connectivity index (χ1) is 6.31. The first-order valence-electron chi connectivity index (χ1n) is 4.48. The number of hydrogen-bond donors (Lipinski definition) is 0. The van der Waals surface area contributed by atoms with Crippen LogP contribution in [0.15, 0.2) is 41.1 Å². The van der Waals surface area contributed by atoms with Crippen LogP contribution in [-0.2, 0) is 4.79 Å². The molecule has 0 saturated carbocycles. The van der Waals surface area contributed by atoms with Crippen molar-refractivity contribution in [3.63, 3.8) is 0 Å². The summed E-state index contributed by atoms with van der Waals surface area (Å²) in [5.74, 6) is 0.0188. The molecule has 0 amide bonds. The summed E-state index contributed by atoms with van der Waals surface area (Å²) in [6.07, 6.45) is 10.1. The summed E-state index contributed by atoms with van der Waals surface area (Å²) in [6, 6.07) is 0. The number of fused-ring (bicyclic) bond motifs is 1. The van der Waals surface area contributed by atoms with Crippen molar-refractivity contribution in [3.8, 4) is 0 Å². The second-order valence-electron chi connectivity index (χ2n) is 3.18. The van der Waals surface area contributed by atoms with Crippen LogP contribution < -0.4 is 0 Å². The third kappa shape index (κ3) is 1.39. The van der Waals surface area contributed by atoms with E-state index >= 15 is 0 Å². The average molecular weight is 173 g/mol. The van der Waals surface area contributed by atoms with Gasteiger partial charge in [-0.3, -0.25) is 9.79 Å². The van der Waals surface area contributed by atoms with Crippen LogP contribution in [0.3, 0.4) is 0 Å². The smallest absolute Gasteiger partial charge is 0.170 e. The fourth-order valence-electron chi connectivity index (χ4n) is 1.54. The monoisotopic (exact) mass is 173 g/mol. The first-order valence-corrected chi connectivity index (χ1v) is 4.48. The van der Waals surface area contributed by atoms with Crippen LogP contribution in [0.2, 0.25) is 0 Å². The second kappa shape index (κ2) is 3.13. The molecule has 1 aliphatic carbocycles. The Kier molecular flexibility index (Phi) is 1.97. The highest BCUT2D eigenvalue weighted by atomic mass is 16.1. The Morgan fingerprint density at radius 1 is 1.38 bits per heavy atom. The van der Waals surface area contributed by atoms with Gasteiger partial charge in [0.2, 0.25) is 0 Å². The molecule has 0 aromatic carbocycles. The summed E-state index contributed by atoms with van der Waals surface area (Å²) < 4.78 is 0. The molecule has 0 N–H and O–H groups in total. The SMILES string of the molecule is CCC1=CC2C(=O)C=CN=C2C=C1. The van der Waals surface area contributed by atoms with Gasteiger partial charge in [-0.1, -0.05) is 24.6 Å². The lowest BCUT2D eigenvalue weighted by molar-refractivity contribution is -0.115. The molecule has 0 spiro atoms. The normalized spacial score (nSPS) is 25.3. The van der Waals surface area contributed by atoms with Crippen LogP contribution in [0.25, 0.3) is 0 Å². The number of aliphatic imine (C=N–C) groups is 1. The van der Waals surface area contributed by atoms with Gasteiger partial charge in [0.15, 0.2) is 5.78 Å². The molecule has 1 atom stereocenters. The van der Waals surface area contributed by atoms with Gasteiger partial charge >= 0.3 is 0 Å². The molecule has 1 aliphatic heterocycles. The van der Waals surface area contributed by atoms with Gasteiger partial charge in [0.25, 0.3) is 0 Å². The van der Waals surface area contributed by atoms with Gasteiger partial charge in [-0.15, -0.1) is 0 Å². The zero-order valence-corrected chi connectivity index (χ0v) is 7.53. The molecule has 2 aliphatic rings. The van der Waals surface area contributed by atoms with Crippen LogP contribution >= 0.6 is 0 Å². The van der Waals surface area contributed by atoms with E-state index in [1.165, 1.54) is 11.6 Å². The quantitative estimate of drug-likeness (QED) is 0.596. The standard InChI is InChI=1S/C11H11NO/c1-2-8-3-4-10-9(7-8)11(13)5-6-12-10/h3-7,9H,2H2,1H3. The number of allylic oxidation sites excluding steroid dienone is 5. The minimum Gasteiger partial charge on any atom is -0.294 e. The molecular formula is C11H11NO. The molecule has 0 saturated heterocycles. The predicted molar refractivity (Wildman–Crippen MR) is 52.6 cm³/mol. The van der Waals surface area contributed by atoms with E-state index in [9.17, 15) is 4.79 Å². The maximum absolute atomic E-state index is 11.4. The van der Waals surface area contributed by atoms with Crippen LogP contribution in [0.1, 0.15) is 13.3 Å². The highest BCUT2D eigenvalue weighted by Gasteiger charge is 2.23. The van der Waals surface area contributed by atoms with Gasteiger partial charge in [-0.05, 0) is 12.5 Å². The molecular weight excluding hydrogens is 162 g/mol. The van der Waals surface area contributed by atoms with E-state index in [1.54, 1.807) is 6.20 Å². The molecule has 66 valence electrons. The van der Waals surface area contributed by atoms with Crippen molar-refractivity contribution < 1.29 is 4.79 Å². The number of rotatable bonds is 1. The fourth-order valence-corrected chi connectivity index (χ4v) is 1.54. The van der Waals surface area contributed by atoms with Crippen LogP contribution in [0, 0.1) is 5.92 Å². The Labute approximate surface area is 77.4 Å². The molecule has 0 bridgehead atoms. The number of carbonyl (C=O) groups is 1. The van der Waals surface area contributed by atoms with Crippen molar-refractivity contribution in [2.75, 3.05) is 0 Å². The number of hydrogen-bond acceptors (Lipinski definition) is 2. The van der Waals surface area contributed by atoms with Crippen molar-refractivity contribution in [1.29, 1.82) is 0 Å². The molecule has 1 unspecified atom stereocenters. The summed E-state index contributed by atoms with van der Waals surface area (Å²) in [7, 11) is 0. The lowest BCUT2D eigenvalue weighted by Crippen LogP contribution is -2.23. The minimum absolute atomic E-state index is 0.120. The zero-order valence-electron chi connectivity index (χ0n) is 7.53. The van der Waals surface area contributed by atoms with Gasteiger partial charge in [-0.2, -0.15) is 0 Å². The van der Waals surface area contributed by atoms with Gasteiger partial charge in [0, 0.05) is 12.3 Å². The van der Waals surface area contributed by atoms with Gasteiger partial charge in [-0.25, -0.2) is 0 Å². The third-order valence-corrected chi connectivity index (χ3v) is 2.34. The summed E-state index contributed by atoms with van der Waals surface area (Å²) in [4.78, 5) is 15.6. The lowest BCUT2D eigenvalue weighted by Gasteiger charge is -2.17. The summed E-state index contributed by atoms with van der Waals surface area (Å²) in [6.45, 7) is 2.08. The number of carbonyl (C=O) groups excluding carboxylic acids is 1. The Hall–Kier alpha value is -1.44. The maximum Gasteiger partial charge on any atom is 0.170 e. The van der Waals surface area contributed by atoms with Crippen LogP contribution in [0.4, 0.5) is 0 Å². The van der Waals surface area contributed by atoms with Crippen LogP contribution in [0.5, 0.6) is 0 Å². The zero-order chi connectivity index (χ0) is 9.26. The molecule has 1 heterocycles. The average Bonchev–Trinajstić information content (AvgIpc) is 2.18. The highest BCUT2D eigenvalue weighted by molar-refractivity contribution is 6.17. The van der Waals surface area contributed by atoms with E-state index in [2.05, 4.69) is 11.9 Å². The van der Waals surface area contributed by atoms with Crippen molar-refractivity contribution in [2.24, 2.45) is 10.9 Å². The molecule has 0 radical (unpaired) electrons. The van der Waals surface area contributed by atoms with Crippen molar-refractivity contribution in [2.45, 2.75) is 13.3 Å². The molecule has 0 aromatic rings. The summed E-state index contributed by atoms with van der Waals surface area (Å²) >= 11 is 0. The Balaban J connectivity index is 2.36. The second-order valence-corrected chi connectivity index (χ2v) is 3.18. The van der Waals surface area contributed by atoms with E-state index in [1.807, 2.05) is 18.2 Å².